The summed E-state index contributed by atoms with van der Waals surface area (Å²) in [5.41, 5.74) is 21.9. The quantitative estimate of drug-likeness (QED) is 0.166. The Bertz CT molecular complexity index is 3800. The van der Waals surface area contributed by atoms with Crippen LogP contribution in [0.1, 0.15) is 69.5 Å². The lowest BCUT2D eigenvalue weighted by Crippen LogP contribution is -2.44. The summed E-state index contributed by atoms with van der Waals surface area (Å²) in [4.78, 5) is 2.47. The molecule has 2 heteroatoms. The largest absolute Gasteiger partial charge is 0.456 e. The van der Waals surface area contributed by atoms with Crippen LogP contribution in [0.3, 0.4) is 0 Å². The van der Waals surface area contributed by atoms with Gasteiger partial charge in [-0.25, -0.2) is 0 Å². The Labute approximate surface area is 391 Å². The maximum absolute atomic E-state index is 6.42. The highest BCUT2D eigenvalue weighted by Gasteiger charge is 2.57. The van der Waals surface area contributed by atoms with Crippen molar-refractivity contribution in [2.45, 2.75) is 30.1 Å². The lowest BCUT2D eigenvalue weighted by Gasteiger charge is -2.49. The Morgan fingerprint density at radius 3 is 1.60 bits per heavy atom. The molecule has 10 aromatic carbocycles. The van der Waals surface area contributed by atoms with Gasteiger partial charge in [0.1, 0.15) is 11.2 Å². The van der Waals surface area contributed by atoms with Crippen molar-refractivity contribution in [1.29, 1.82) is 0 Å². The SMILES string of the molecule is CC1(C)c2ccccc2-c2ccc(N(c3cccc(C4(c5ccccc5)c5ccccc5C5(c6ccccc6)c6ccccc6-c6cccc4c65)c3)c3ccc4oc5ccccc5c4c3)cc21. The molecule has 1 heterocycles. The van der Waals surface area contributed by atoms with Gasteiger partial charge in [-0.3, -0.25) is 0 Å². The number of nitrogens with zero attached hydrogens (tertiary/aromatic N) is 1. The minimum atomic E-state index is -0.683. The average molecular weight is 856 g/mol. The summed E-state index contributed by atoms with van der Waals surface area (Å²) in [5.74, 6) is 0. The normalized spacial score (nSPS) is 17.9. The summed E-state index contributed by atoms with van der Waals surface area (Å²) in [6, 6.07) is 88.5. The van der Waals surface area contributed by atoms with Crippen molar-refractivity contribution < 1.29 is 4.42 Å². The molecular formula is C65H45NO. The number of hydrogen-bond acceptors (Lipinski definition) is 2. The van der Waals surface area contributed by atoms with E-state index in [1.54, 1.807) is 0 Å². The summed E-state index contributed by atoms with van der Waals surface area (Å²) in [6.07, 6.45) is 0. The summed E-state index contributed by atoms with van der Waals surface area (Å²) in [6.45, 7) is 4.73. The van der Waals surface area contributed by atoms with Crippen LogP contribution >= 0.6 is 0 Å². The number of fused-ring (bicyclic) bond motifs is 11. The van der Waals surface area contributed by atoms with E-state index in [-0.39, 0.29) is 5.41 Å². The highest BCUT2D eigenvalue weighted by molar-refractivity contribution is 6.06. The molecule has 0 fully saturated rings. The first kappa shape index (κ1) is 38.1. The number of para-hydroxylation sites is 1. The molecule has 0 N–H and O–H groups in total. The zero-order valence-corrected chi connectivity index (χ0v) is 37.4. The molecule has 0 saturated heterocycles. The van der Waals surface area contributed by atoms with Gasteiger partial charge in [-0.15, -0.1) is 0 Å². The van der Waals surface area contributed by atoms with Crippen LogP contribution in [-0.2, 0) is 16.2 Å². The molecule has 11 aromatic rings. The predicted molar refractivity (Wildman–Crippen MR) is 275 cm³/mol. The van der Waals surface area contributed by atoms with E-state index < -0.39 is 10.8 Å². The van der Waals surface area contributed by atoms with Gasteiger partial charge in [-0.1, -0.05) is 202 Å². The van der Waals surface area contributed by atoms with Gasteiger partial charge in [-0.2, -0.15) is 0 Å². The second-order valence-corrected chi connectivity index (χ2v) is 19.1. The van der Waals surface area contributed by atoms with E-state index in [1.165, 1.54) is 77.9 Å². The smallest absolute Gasteiger partial charge is 0.135 e. The van der Waals surface area contributed by atoms with E-state index >= 15 is 0 Å². The lowest BCUT2D eigenvalue weighted by atomic mass is 9.51. The molecule has 0 aliphatic heterocycles. The maximum Gasteiger partial charge on any atom is 0.135 e. The zero-order chi connectivity index (χ0) is 44.5. The fourth-order valence-electron chi connectivity index (χ4n) is 12.9. The van der Waals surface area contributed by atoms with Crippen molar-refractivity contribution in [3.63, 3.8) is 0 Å². The van der Waals surface area contributed by atoms with Crippen molar-refractivity contribution >= 4 is 39.0 Å². The van der Waals surface area contributed by atoms with Crippen molar-refractivity contribution in [2.24, 2.45) is 0 Å². The minimum absolute atomic E-state index is 0.167. The summed E-state index contributed by atoms with van der Waals surface area (Å²) in [7, 11) is 0. The van der Waals surface area contributed by atoms with Crippen molar-refractivity contribution in [3.8, 4) is 22.3 Å². The standard InChI is InChI=1S/C65H45NO/c1-63(2)54-29-12-9-25-48(54)50-37-35-47(41-59(50)63)66(46-36-38-61-53(40-46)51-27-11-16-34-60(51)67-61)45-24-17-23-44(39-45)64(42-19-5-3-6-20-42)56-31-14-15-32-57(56)65(43-21-7-4-8-22-43)55-30-13-10-26-49(55)52-28-18-33-58(64)62(52)65/h3-41H,1-2H3. The van der Waals surface area contributed by atoms with E-state index in [2.05, 4.69) is 249 Å². The van der Waals surface area contributed by atoms with Gasteiger partial charge in [0, 0.05) is 33.2 Å². The highest BCUT2D eigenvalue weighted by Crippen LogP contribution is 2.66. The van der Waals surface area contributed by atoms with Gasteiger partial charge in [0.15, 0.2) is 0 Å². The fraction of sp³-hybridized carbons (Fsp3) is 0.0769. The van der Waals surface area contributed by atoms with Crippen LogP contribution in [0, 0.1) is 0 Å². The Kier molecular flexibility index (Phi) is 7.91. The van der Waals surface area contributed by atoms with Crippen LogP contribution in [0.5, 0.6) is 0 Å². The van der Waals surface area contributed by atoms with Crippen LogP contribution in [0.15, 0.2) is 241 Å². The van der Waals surface area contributed by atoms with Gasteiger partial charge in [0.25, 0.3) is 0 Å². The van der Waals surface area contributed by atoms with Crippen LogP contribution < -0.4 is 4.90 Å². The average Bonchev–Trinajstić information content (AvgIpc) is 3.99. The Hall–Kier alpha value is -8.20. The number of benzene rings is 10. The predicted octanol–water partition coefficient (Wildman–Crippen LogP) is 16.4. The van der Waals surface area contributed by atoms with Crippen LogP contribution in [0.25, 0.3) is 44.2 Å². The molecule has 0 bridgehead atoms. The lowest BCUT2D eigenvalue weighted by molar-refractivity contribution is 0.627. The van der Waals surface area contributed by atoms with Crippen LogP contribution in [-0.4, -0.2) is 0 Å². The van der Waals surface area contributed by atoms with Crippen molar-refractivity contribution in [1.82, 2.24) is 0 Å². The molecule has 316 valence electrons. The first-order valence-corrected chi connectivity index (χ1v) is 23.5. The molecule has 2 atom stereocenters. The van der Waals surface area contributed by atoms with Crippen LogP contribution in [0.4, 0.5) is 17.1 Å². The molecular weight excluding hydrogens is 811 g/mol. The number of hydrogen-bond donors (Lipinski definition) is 0. The molecule has 0 radical (unpaired) electrons. The molecule has 2 nitrogen and oxygen atoms in total. The molecule has 0 saturated carbocycles. The number of rotatable bonds is 6. The third kappa shape index (κ3) is 5.00. The monoisotopic (exact) mass is 855 g/mol. The zero-order valence-electron chi connectivity index (χ0n) is 37.4. The number of furan rings is 1. The second kappa shape index (κ2) is 13.9. The van der Waals surface area contributed by atoms with Gasteiger partial charge >= 0.3 is 0 Å². The summed E-state index contributed by atoms with van der Waals surface area (Å²) >= 11 is 0. The van der Waals surface area contributed by atoms with Crippen molar-refractivity contribution in [2.75, 3.05) is 4.90 Å². The van der Waals surface area contributed by atoms with Gasteiger partial charge in [0.2, 0.25) is 0 Å². The molecule has 3 aliphatic carbocycles. The Morgan fingerprint density at radius 1 is 0.313 bits per heavy atom. The minimum Gasteiger partial charge on any atom is -0.456 e. The first-order valence-electron chi connectivity index (χ1n) is 23.5. The first-order chi connectivity index (χ1) is 33.0. The third-order valence-corrected chi connectivity index (χ3v) is 15.6. The molecule has 14 rings (SSSR count). The molecule has 2 unspecified atom stereocenters. The van der Waals surface area contributed by atoms with E-state index in [1.807, 2.05) is 6.07 Å². The Morgan fingerprint density at radius 2 is 0.821 bits per heavy atom. The van der Waals surface area contributed by atoms with Gasteiger partial charge in [0.05, 0.1) is 10.8 Å². The van der Waals surface area contributed by atoms with Gasteiger partial charge < -0.3 is 9.32 Å². The third-order valence-electron chi connectivity index (χ3n) is 15.6. The second-order valence-electron chi connectivity index (χ2n) is 19.1. The fourth-order valence-corrected chi connectivity index (χ4v) is 12.9. The highest BCUT2D eigenvalue weighted by atomic mass is 16.3. The van der Waals surface area contributed by atoms with E-state index in [0.29, 0.717) is 0 Å². The number of anilines is 3. The molecule has 67 heavy (non-hydrogen) atoms. The van der Waals surface area contributed by atoms with Crippen LogP contribution in [0.2, 0.25) is 0 Å². The van der Waals surface area contributed by atoms with E-state index in [4.69, 9.17) is 4.42 Å². The van der Waals surface area contributed by atoms with E-state index in [9.17, 15) is 0 Å². The molecule has 0 spiro atoms. The molecule has 1 aromatic heterocycles. The molecule has 3 aliphatic rings. The van der Waals surface area contributed by atoms with E-state index in [0.717, 1.165) is 39.0 Å². The Balaban J connectivity index is 1.06. The molecule has 0 amide bonds. The summed E-state index contributed by atoms with van der Waals surface area (Å²) < 4.78 is 6.42. The maximum atomic E-state index is 6.42. The van der Waals surface area contributed by atoms with Crippen molar-refractivity contribution in [3.05, 3.63) is 292 Å². The summed E-state index contributed by atoms with van der Waals surface area (Å²) in [5, 5.41) is 2.21. The topological polar surface area (TPSA) is 16.4 Å². The van der Waals surface area contributed by atoms with Gasteiger partial charge in [-0.05, 0) is 126 Å².